The minimum absolute atomic E-state index is 0.528. The molecule has 3 rings (SSSR count). The lowest BCUT2D eigenvalue weighted by Crippen LogP contribution is -2.36. The van der Waals surface area contributed by atoms with Crippen LogP contribution in [-0.4, -0.2) is 22.5 Å². The molecular formula is C23H29NO2. The van der Waals surface area contributed by atoms with E-state index in [1.54, 1.807) is 0 Å². The van der Waals surface area contributed by atoms with Crippen LogP contribution in [0.2, 0.25) is 0 Å². The van der Waals surface area contributed by atoms with Crippen molar-refractivity contribution < 1.29 is 9.90 Å². The molecule has 2 aromatic carbocycles. The number of carboxylic acid groups (broad SMARTS) is 1. The third kappa shape index (κ3) is 4.95. The first-order valence-corrected chi connectivity index (χ1v) is 9.59. The molecule has 0 aliphatic heterocycles. The highest BCUT2D eigenvalue weighted by molar-refractivity contribution is 5.74. The van der Waals surface area contributed by atoms with Gasteiger partial charge in [0, 0.05) is 19.6 Å². The van der Waals surface area contributed by atoms with Crippen LogP contribution in [0.5, 0.6) is 0 Å². The van der Waals surface area contributed by atoms with Crippen LogP contribution in [0, 0.1) is 11.3 Å². The van der Waals surface area contributed by atoms with Gasteiger partial charge in [0.05, 0.1) is 5.41 Å². The summed E-state index contributed by atoms with van der Waals surface area (Å²) in [6.45, 7) is 4.79. The third-order valence-corrected chi connectivity index (χ3v) is 5.74. The summed E-state index contributed by atoms with van der Waals surface area (Å²) in [4.78, 5) is 14.0. The Labute approximate surface area is 156 Å². The molecule has 26 heavy (non-hydrogen) atoms. The fourth-order valence-corrected chi connectivity index (χ4v) is 3.94. The number of carboxylic acids is 1. The van der Waals surface area contributed by atoms with Gasteiger partial charge < -0.3 is 5.11 Å². The minimum Gasteiger partial charge on any atom is -0.481 e. The number of carbonyl (C=O) groups is 1. The molecule has 1 N–H and O–H groups in total. The molecule has 3 heteroatoms. The van der Waals surface area contributed by atoms with E-state index in [4.69, 9.17) is 0 Å². The van der Waals surface area contributed by atoms with Gasteiger partial charge in [-0.1, -0.05) is 60.7 Å². The van der Waals surface area contributed by atoms with Crippen LogP contribution in [0.1, 0.15) is 43.7 Å². The van der Waals surface area contributed by atoms with E-state index in [2.05, 4.69) is 65.6 Å². The summed E-state index contributed by atoms with van der Waals surface area (Å²) in [5.41, 5.74) is 2.13. The van der Waals surface area contributed by atoms with Crippen molar-refractivity contribution in [3.63, 3.8) is 0 Å². The summed E-state index contributed by atoms with van der Waals surface area (Å²) in [6.07, 6.45) is 3.58. The van der Waals surface area contributed by atoms with Crippen molar-refractivity contribution in [2.45, 2.75) is 45.7 Å². The second-order valence-corrected chi connectivity index (χ2v) is 7.95. The molecule has 1 aliphatic carbocycles. The zero-order valence-corrected chi connectivity index (χ0v) is 15.6. The highest BCUT2D eigenvalue weighted by Crippen LogP contribution is 2.39. The van der Waals surface area contributed by atoms with Crippen molar-refractivity contribution in [3.8, 4) is 0 Å². The van der Waals surface area contributed by atoms with Gasteiger partial charge in [0.2, 0.25) is 0 Å². The van der Waals surface area contributed by atoms with E-state index < -0.39 is 11.4 Å². The summed E-state index contributed by atoms with van der Waals surface area (Å²) in [6, 6.07) is 21.2. The zero-order chi connectivity index (χ0) is 18.4. The van der Waals surface area contributed by atoms with Gasteiger partial charge in [0.1, 0.15) is 0 Å². The van der Waals surface area contributed by atoms with E-state index in [1.807, 2.05) is 6.92 Å². The maximum absolute atomic E-state index is 11.5. The monoisotopic (exact) mass is 351 g/mol. The fourth-order valence-electron chi connectivity index (χ4n) is 3.94. The first-order chi connectivity index (χ1) is 12.5. The maximum atomic E-state index is 11.5. The second kappa shape index (κ2) is 8.50. The van der Waals surface area contributed by atoms with Crippen molar-refractivity contribution in [2.24, 2.45) is 11.3 Å². The number of nitrogens with zero attached hydrogens (tertiary/aromatic N) is 1. The third-order valence-electron chi connectivity index (χ3n) is 5.74. The molecule has 0 unspecified atom stereocenters. The highest BCUT2D eigenvalue weighted by Gasteiger charge is 2.37. The summed E-state index contributed by atoms with van der Waals surface area (Å²) < 4.78 is 0. The molecule has 0 heterocycles. The average molecular weight is 351 g/mol. The Morgan fingerprint density at radius 2 is 1.42 bits per heavy atom. The number of benzene rings is 2. The van der Waals surface area contributed by atoms with Gasteiger partial charge in [-0.25, -0.2) is 0 Å². The second-order valence-electron chi connectivity index (χ2n) is 7.95. The van der Waals surface area contributed by atoms with Gasteiger partial charge in [-0.15, -0.1) is 0 Å². The Morgan fingerprint density at radius 3 is 1.85 bits per heavy atom. The normalized spacial score (nSPS) is 23.1. The Hall–Kier alpha value is -2.13. The number of hydrogen-bond acceptors (Lipinski definition) is 2. The van der Waals surface area contributed by atoms with Crippen molar-refractivity contribution >= 4 is 5.97 Å². The summed E-state index contributed by atoms with van der Waals surface area (Å²) in [5.74, 6) is -0.0590. The Kier molecular flexibility index (Phi) is 6.10. The Balaban J connectivity index is 1.65. The van der Waals surface area contributed by atoms with E-state index in [-0.39, 0.29) is 0 Å². The lowest BCUT2D eigenvalue weighted by molar-refractivity contribution is -0.150. The molecule has 1 fully saturated rings. The largest absolute Gasteiger partial charge is 0.481 e. The number of rotatable bonds is 7. The lowest BCUT2D eigenvalue weighted by atomic mass is 9.71. The SMILES string of the molecule is C[C@]1(C(=O)O)CC[C@H](CN(Cc2ccccc2)Cc2ccccc2)CC1. The molecule has 1 saturated carbocycles. The standard InChI is InChI=1S/C23H29NO2/c1-23(22(25)26)14-12-21(13-15-23)18-24(16-19-8-4-2-5-9-19)17-20-10-6-3-7-11-20/h2-11,21H,12-18H2,1H3,(H,25,26)/t21-,23-. The first kappa shape index (κ1) is 18.7. The topological polar surface area (TPSA) is 40.5 Å². The molecule has 0 amide bonds. The van der Waals surface area contributed by atoms with E-state index in [1.165, 1.54) is 11.1 Å². The van der Waals surface area contributed by atoms with Crippen molar-refractivity contribution in [3.05, 3.63) is 71.8 Å². The van der Waals surface area contributed by atoms with Crippen LogP contribution < -0.4 is 0 Å². The molecule has 0 aromatic heterocycles. The maximum Gasteiger partial charge on any atom is 0.309 e. The minimum atomic E-state index is -0.638. The predicted octanol–water partition coefficient (Wildman–Crippen LogP) is 4.97. The van der Waals surface area contributed by atoms with Gasteiger partial charge in [0.15, 0.2) is 0 Å². The molecule has 0 radical (unpaired) electrons. The summed E-state index contributed by atoms with van der Waals surface area (Å²) in [5, 5.41) is 9.44. The average Bonchev–Trinajstić information content (AvgIpc) is 2.65. The molecule has 0 spiro atoms. The molecule has 1 aliphatic rings. The van der Waals surface area contributed by atoms with Crippen LogP contribution in [0.3, 0.4) is 0 Å². The van der Waals surface area contributed by atoms with Gasteiger partial charge in [-0.3, -0.25) is 9.69 Å². The smallest absolute Gasteiger partial charge is 0.309 e. The van der Waals surface area contributed by atoms with E-state index >= 15 is 0 Å². The van der Waals surface area contributed by atoms with Crippen LogP contribution >= 0.6 is 0 Å². The Morgan fingerprint density at radius 1 is 0.962 bits per heavy atom. The summed E-state index contributed by atoms with van der Waals surface area (Å²) >= 11 is 0. The van der Waals surface area contributed by atoms with E-state index in [0.29, 0.717) is 5.92 Å². The zero-order valence-electron chi connectivity index (χ0n) is 15.6. The Bertz CT molecular complexity index is 649. The fraction of sp³-hybridized carbons (Fsp3) is 0.435. The van der Waals surface area contributed by atoms with Crippen LogP contribution in [0.15, 0.2) is 60.7 Å². The van der Waals surface area contributed by atoms with Crippen LogP contribution in [-0.2, 0) is 17.9 Å². The molecule has 138 valence electrons. The molecule has 0 bridgehead atoms. The molecular weight excluding hydrogens is 322 g/mol. The van der Waals surface area contributed by atoms with Gasteiger partial charge in [0.25, 0.3) is 0 Å². The highest BCUT2D eigenvalue weighted by atomic mass is 16.4. The lowest BCUT2D eigenvalue weighted by Gasteiger charge is -2.36. The van der Waals surface area contributed by atoms with Crippen molar-refractivity contribution in [1.29, 1.82) is 0 Å². The quantitative estimate of drug-likeness (QED) is 0.765. The van der Waals surface area contributed by atoms with E-state index in [9.17, 15) is 9.90 Å². The van der Waals surface area contributed by atoms with Crippen LogP contribution in [0.25, 0.3) is 0 Å². The van der Waals surface area contributed by atoms with E-state index in [0.717, 1.165) is 45.3 Å². The van der Waals surface area contributed by atoms with Gasteiger partial charge >= 0.3 is 5.97 Å². The summed E-state index contributed by atoms with van der Waals surface area (Å²) in [7, 11) is 0. The van der Waals surface area contributed by atoms with Gasteiger partial charge in [-0.2, -0.15) is 0 Å². The first-order valence-electron chi connectivity index (χ1n) is 9.59. The molecule has 3 nitrogen and oxygen atoms in total. The predicted molar refractivity (Wildman–Crippen MR) is 105 cm³/mol. The van der Waals surface area contributed by atoms with Gasteiger partial charge in [-0.05, 0) is 49.7 Å². The number of hydrogen-bond donors (Lipinski definition) is 1. The van der Waals surface area contributed by atoms with Crippen molar-refractivity contribution in [1.82, 2.24) is 4.90 Å². The molecule has 0 saturated heterocycles. The number of aliphatic carboxylic acids is 1. The van der Waals surface area contributed by atoms with Crippen molar-refractivity contribution in [2.75, 3.05) is 6.54 Å². The molecule has 0 atom stereocenters. The van der Waals surface area contributed by atoms with Crippen LogP contribution in [0.4, 0.5) is 0 Å². The molecule has 2 aromatic rings.